The zero-order valence-corrected chi connectivity index (χ0v) is 4.66. The van der Waals surface area contributed by atoms with Crippen molar-refractivity contribution in [3.05, 3.63) is 12.3 Å². The molecular weight excluding hydrogens is 122 g/mol. The zero-order valence-electron chi connectivity index (χ0n) is 4.66. The Bertz CT molecular complexity index is 130. The summed E-state index contributed by atoms with van der Waals surface area (Å²) in [4.78, 5) is 19.2. The van der Waals surface area contributed by atoms with E-state index in [9.17, 15) is 14.7 Å². The third kappa shape index (κ3) is 6.68. The van der Waals surface area contributed by atoms with E-state index in [-0.39, 0.29) is 6.42 Å². The summed E-state index contributed by atoms with van der Waals surface area (Å²) in [7, 11) is 0. The Morgan fingerprint density at radius 2 is 2.33 bits per heavy atom. The zero-order chi connectivity index (χ0) is 7.11. The van der Waals surface area contributed by atoms with Gasteiger partial charge in [0.1, 0.15) is 0 Å². The van der Waals surface area contributed by atoms with Crippen LogP contribution in [0.2, 0.25) is 0 Å². The van der Waals surface area contributed by atoms with Crippen molar-refractivity contribution in [1.82, 2.24) is 5.32 Å². The molecule has 0 saturated carbocycles. The summed E-state index contributed by atoms with van der Waals surface area (Å²) >= 11 is 0. The fraction of sp³-hybridized carbons (Fsp3) is 0.200. The minimum Gasteiger partial charge on any atom is -0.550 e. The lowest BCUT2D eigenvalue weighted by Gasteiger charge is -1.91. The highest BCUT2D eigenvalue weighted by Crippen LogP contribution is 1.75. The van der Waals surface area contributed by atoms with Crippen molar-refractivity contribution < 1.29 is 14.7 Å². The number of carbonyl (C=O) groups is 2. The first-order valence-corrected chi connectivity index (χ1v) is 2.32. The predicted octanol–water partition coefficient (Wildman–Crippen LogP) is -1.61. The first-order valence-electron chi connectivity index (χ1n) is 2.32. The van der Waals surface area contributed by atoms with Crippen molar-refractivity contribution in [3.63, 3.8) is 0 Å². The summed E-state index contributed by atoms with van der Waals surface area (Å²) < 4.78 is 0. The molecule has 0 radical (unpaired) electrons. The molecule has 0 aliphatic rings. The number of carbonyl (C=O) groups excluding carboxylic acids is 2. The van der Waals surface area contributed by atoms with E-state index in [1.54, 1.807) is 0 Å². The number of carboxylic acids is 1. The Hall–Kier alpha value is -1.32. The second kappa shape index (κ2) is 4.83. The van der Waals surface area contributed by atoms with Crippen LogP contribution in [0.1, 0.15) is 6.42 Å². The van der Waals surface area contributed by atoms with Crippen molar-refractivity contribution in [2.24, 2.45) is 0 Å². The third-order valence-corrected chi connectivity index (χ3v) is 0.567. The number of amides is 1. The average molecular weight is 128 g/mol. The summed E-state index contributed by atoms with van der Waals surface area (Å²) in [6, 6.07) is 0. The summed E-state index contributed by atoms with van der Waals surface area (Å²) in [5.74, 6) is -1.17. The van der Waals surface area contributed by atoms with E-state index in [0.29, 0.717) is 6.41 Å². The van der Waals surface area contributed by atoms with Gasteiger partial charge >= 0.3 is 0 Å². The maximum atomic E-state index is 9.68. The minimum atomic E-state index is -1.17. The van der Waals surface area contributed by atoms with Gasteiger partial charge in [0.05, 0.1) is 0 Å². The van der Waals surface area contributed by atoms with E-state index in [1.807, 2.05) is 0 Å². The van der Waals surface area contributed by atoms with Gasteiger partial charge in [0.25, 0.3) is 0 Å². The van der Waals surface area contributed by atoms with Crippen LogP contribution < -0.4 is 10.4 Å². The van der Waals surface area contributed by atoms with E-state index in [2.05, 4.69) is 5.32 Å². The van der Waals surface area contributed by atoms with E-state index >= 15 is 0 Å². The molecule has 50 valence electrons. The van der Waals surface area contributed by atoms with Gasteiger partial charge in [-0.1, -0.05) is 6.08 Å². The van der Waals surface area contributed by atoms with Crippen LogP contribution in [0.15, 0.2) is 12.3 Å². The smallest absolute Gasteiger partial charge is 0.211 e. The number of rotatable bonds is 4. The standard InChI is InChI=1S/C5H7NO3/c7-4-6-3-1-2-5(8)9/h1,3-4H,2H2,(H,6,7)(H,8,9)/p-1/b3-1-. The van der Waals surface area contributed by atoms with Crippen molar-refractivity contribution in [2.45, 2.75) is 6.42 Å². The molecule has 0 saturated heterocycles. The molecule has 0 bridgehead atoms. The van der Waals surface area contributed by atoms with Crippen LogP contribution in [-0.2, 0) is 9.59 Å². The fourth-order valence-electron chi connectivity index (χ4n) is 0.262. The van der Waals surface area contributed by atoms with Crippen LogP contribution in [0.3, 0.4) is 0 Å². The molecule has 4 nitrogen and oxygen atoms in total. The SMILES string of the molecule is O=CN/C=C\CC(=O)[O-]. The molecule has 0 unspecified atom stereocenters. The van der Waals surface area contributed by atoms with Gasteiger partial charge in [0.15, 0.2) is 0 Å². The van der Waals surface area contributed by atoms with Gasteiger partial charge in [-0.2, -0.15) is 0 Å². The van der Waals surface area contributed by atoms with Crippen LogP contribution in [0, 0.1) is 0 Å². The highest BCUT2D eigenvalue weighted by Gasteiger charge is 1.75. The Morgan fingerprint density at radius 1 is 1.67 bits per heavy atom. The van der Waals surface area contributed by atoms with Gasteiger partial charge in [0, 0.05) is 12.4 Å². The van der Waals surface area contributed by atoms with Crippen LogP contribution >= 0.6 is 0 Å². The van der Waals surface area contributed by atoms with E-state index < -0.39 is 5.97 Å². The molecule has 1 amide bonds. The van der Waals surface area contributed by atoms with Gasteiger partial charge < -0.3 is 15.2 Å². The van der Waals surface area contributed by atoms with Crippen molar-refractivity contribution in [3.8, 4) is 0 Å². The third-order valence-electron chi connectivity index (χ3n) is 0.567. The normalized spacial score (nSPS) is 9.33. The largest absolute Gasteiger partial charge is 0.550 e. The first-order chi connectivity index (χ1) is 4.27. The van der Waals surface area contributed by atoms with Gasteiger partial charge in [-0.3, -0.25) is 4.79 Å². The Kier molecular flexibility index (Phi) is 4.12. The van der Waals surface area contributed by atoms with Gasteiger partial charge in [0.2, 0.25) is 6.41 Å². The van der Waals surface area contributed by atoms with Crippen molar-refractivity contribution in [1.29, 1.82) is 0 Å². The molecular formula is C5H6NO3-. The summed E-state index contributed by atoms with van der Waals surface area (Å²) in [6.45, 7) is 0. The van der Waals surface area contributed by atoms with Gasteiger partial charge in [-0.05, 0) is 6.20 Å². The highest BCUT2D eigenvalue weighted by molar-refractivity contribution is 5.66. The van der Waals surface area contributed by atoms with Crippen LogP contribution in [-0.4, -0.2) is 12.4 Å². The topological polar surface area (TPSA) is 69.2 Å². The summed E-state index contributed by atoms with van der Waals surface area (Å²) in [5.41, 5.74) is 0. The molecule has 0 heterocycles. The molecule has 0 aliphatic heterocycles. The maximum Gasteiger partial charge on any atom is 0.211 e. The highest BCUT2D eigenvalue weighted by atomic mass is 16.4. The Balaban J connectivity index is 3.24. The lowest BCUT2D eigenvalue weighted by atomic mass is 10.4. The molecule has 0 aromatic heterocycles. The van der Waals surface area contributed by atoms with Crippen molar-refractivity contribution >= 4 is 12.4 Å². The number of carboxylic acid groups (broad SMARTS) is 1. The van der Waals surface area contributed by atoms with Crippen LogP contribution in [0.5, 0.6) is 0 Å². The van der Waals surface area contributed by atoms with E-state index in [1.165, 1.54) is 12.3 Å². The molecule has 0 fully saturated rings. The lowest BCUT2D eigenvalue weighted by Crippen LogP contribution is -2.20. The summed E-state index contributed by atoms with van der Waals surface area (Å²) in [5, 5.41) is 11.8. The predicted molar refractivity (Wildman–Crippen MR) is 28.0 cm³/mol. The second-order valence-corrected chi connectivity index (χ2v) is 1.26. The Morgan fingerprint density at radius 3 is 2.78 bits per heavy atom. The van der Waals surface area contributed by atoms with E-state index in [4.69, 9.17) is 0 Å². The van der Waals surface area contributed by atoms with Crippen LogP contribution in [0.4, 0.5) is 0 Å². The fourth-order valence-corrected chi connectivity index (χ4v) is 0.262. The van der Waals surface area contributed by atoms with Gasteiger partial charge in [-0.15, -0.1) is 0 Å². The molecule has 9 heavy (non-hydrogen) atoms. The molecule has 0 atom stereocenters. The monoisotopic (exact) mass is 128 g/mol. The number of hydrogen-bond donors (Lipinski definition) is 1. The molecule has 0 aliphatic carbocycles. The first kappa shape index (κ1) is 7.68. The van der Waals surface area contributed by atoms with Gasteiger partial charge in [-0.25, -0.2) is 0 Å². The molecule has 0 spiro atoms. The molecule has 0 rings (SSSR count). The average Bonchev–Trinajstić information content (AvgIpc) is 1.80. The van der Waals surface area contributed by atoms with Crippen molar-refractivity contribution in [2.75, 3.05) is 0 Å². The molecule has 0 aromatic carbocycles. The number of hydrogen-bond acceptors (Lipinski definition) is 3. The van der Waals surface area contributed by atoms with E-state index in [0.717, 1.165) is 0 Å². The Labute approximate surface area is 52.2 Å². The quantitative estimate of drug-likeness (QED) is 0.463. The maximum absolute atomic E-state index is 9.68. The number of aliphatic carboxylic acids is 1. The molecule has 0 aromatic rings. The lowest BCUT2D eigenvalue weighted by molar-refractivity contribution is -0.304. The summed E-state index contributed by atoms with van der Waals surface area (Å²) in [6.07, 6.45) is 2.79. The second-order valence-electron chi connectivity index (χ2n) is 1.26. The van der Waals surface area contributed by atoms with Crippen LogP contribution in [0.25, 0.3) is 0 Å². The molecule has 1 N–H and O–H groups in total. The minimum absolute atomic E-state index is 0.180. The molecule has 4 heteroatoms. The number of nitrogens with one attached hydrogen (secondary N) is 1.